The first-order valence-corrected chi connectivity index (χ1v) is 8.17. The van der Waals surface area contributed by atoms with Crippen molar-refractivity contribution in [1.29, 1.82) is 0 Å². The molecule has 0 heterocycles. The van der Waals surface area contributed by atoms with Crippen LogP contribution in [0.2, 0.25) is 0 Å². The molecule has 1 fully saturated rings. The number of hydrogen-bond donors (Lipinski definition) is 2. The van der Waals surface area contributed by atoms with E-state index in [2.05, 4.69) is 9.62 Å². The standard InChI is InChI=1S/C13H19F2N3O2S/c1-8(18(2)9-3-4-9)7-17-21(19,20)11-6-5-10(14)13(16)12(11)15/h5-6,8-9,17H,3-4,7,16H2,1-2H3. The molecule has 21 heavy (non-hydrogen) atoms. The Labute approximate surface area is 123 Å². The maximum Gasteiger partial charge on any atom is 0.243 e. The zero-order valence-corrected chi connectivity index (χ0v) is 12.8. The van der Waals surface area contributed by atoms with Gasteiger partial charge in [-0.15, -0.1) is 0 Å². The van der Waals surface area contributed by atoms with E-state index in [1.165, 1.54) is 0 Å². The molecule has 1 aromatic carbocycles. The topological polar surface area (TPSA) is 75.4 Å². The van der Waals surface area contributed by atoms with Crippen molar-refractivity contribution >= 4 is 15.7 Å². The van der Waals surface area contributed by atoms with Gasteiger partial charge in [-0.25, -0.2) is 21.9 Å². The minimum absolute atomic E-state index is 0.0202. The average Bonchev–Trinajstić information content (AvgIpc) is 3.25. The minimum Gasteiger partial charge on any atom is -0.394 e. The second-order valence-electron chi connectivity index (χ2n) is 5.37. The molecule has 1 aliphatic carbocycles. The van der Waals surface area contributed by atoms with Crippen LogP contribution < -0.4 is 10.5 Å². The molecule has 0 spiro atoms. The fourth-order valence-electron chi connectivity index (χ4n) is 2.05. The molecule has 118 valence electrons. The monoisotopic (exact) mass is 319 g/mol. The summed E-state index contributed by atoms with van der Waals surface area (Å²) in [5.41, 5.74) is 4.39. The van der Waals surface area contributed by atoms with Crippen LogP contribution in [0.5, 0.6) is 0 Å². The van der Waals surface area contributed by atoms with Gasteiger partial charge in [0.2, 0.25) is 10.0 Å². The zero-order valence-electron chi connectivity index (χ0n) is 11.9. The lowest BCUT2D eigenvalue weighted by atomic mass is 10.3. The summed E-state index contributed by atoms with van der Waals surface area (Å²) in [6, 6.07) is 2.18. The Kier molecular flexibility index (Phi) is 4.50. The van der Waals surface area contributed by atoms with Crippen molar-refractivity contribution in [3.63, 3.8) is 0 Å². The van der Waals surface area contributed by atoms with Gasteiger partial charge in [0.05, 0.1) is 0 Å². The Bertz CT molecular complexity index is 633. The Morgan fingerprint density at radius 2 is 2.05 bits per heavy atom. The summed E-state index contributed by atoms with van der Waals surface area (Å²) in [6.45, 7) is 2.03. The predicted octanol–water partition coefficient (Wildman–Crippen LogP) is 1.31. The number of nitrogen functional groups attached to an aromatic ring is 1. The first-order valence-electron chi connectivity index (χ1n) is 6.69. The van der Waals surface area contributed by atoms with Crippen molar-refractivity contribution in [3.8, 4) is 0 Å². The van der Waals surface area contributed by atoms with Gasteiger partial charge < -0.3 is 5.73 Å². The summed E-state index contributed by atoms with van der Waals surface area (Å²) in [4.78, 5) is 1.44. The van der Waals surface area contributed by atoms with Gasteiger partial charge in [-0.2, -0.15) is 0 Å². The first-order chi connectivity index (χ1) is 9.74. The second-order valence-corrected chi connectivity index (χ2v) is 7.11. The van der Waals surface area contributed by atoms with Crippen LogP contribution in [0.15, 0.2) is 17.0 Å². The molecule has 3 N–H and O–H groups in total. The highest BCUT2D eigenvalue weighted by Crippen LogP contribution is 2.27. The Morgan fingerprint density at radius 3 is 2.62 bits per heavy atom. The molecule has 0 bridgehead atoms. The maximum atomic E-state index is 13.8. The van der Waals surface area contributed by atoms with E-state index in [1.807, 2.05) is 14.0 Å². The van der Waals surface area contributed by atoms with Gasteiger partial charge in [-0.05, 0) is 38.9 Å². The van der Waals surface area contributed by atoms with Crippen LogP contribution in [-0.4, -0.2) is 39.0 Å². The van der Waals surface area contributed by atoms with Gasteiger partial charge in [0.15, 0.2) is 5.82 Å². The third-order valence-corrected chi connectivity index (χ3v) is 5.21. The molecule has 0 amide bonds. The Morgan fingerprint density at radius 1 is 1.43 bits per heavy atom. The molecule has 1 saturated carbocycles. The second kappa shape index (κ2) is 5.86. The van der Waals surface area contributed by atoms with E-state index in [-0.39, 0.29) is 12.6 Å². The molecule has 0 aliphatic heterocycles. The number of sulfonamides is 1. The maximum absolute atomic E-state index is 13.8. The lowest BCUT2D eigenvalue weighted by Crippen LogP contribution is -2.41. The van der Waals surface area contributed by atoms with Crippen molar-refractivity contribution < 1.29 is 17.2 Å². The van der Waals surface area contributed by atoms with Crippen LogP contribution in [0.1, 0.15) is 19.8 Å². The van der Waals surface area contributed by atoms with Gasteiger partial charge in [-0.1, -0.05) is 0 Å². The van der Waals surface area contributed by atoms with E-state index in [0.717, 1.165) is 25.0 Å². The summed E-state index contributed by atoms with van der Waals surface area (Å²) in [6.07, 6.45) is 2.22. The average molecular weight is 319 g/mol. The largest absolute Gasteiger partial charge is 0.394 e. The molecular formula is C13H19F2N3O2S. The van der Waals surface area contributed by atoms with Gasteiger partial charge in [0.1, 0.15) is 16.4 Å². The molecule has 0 aromatic heterocycles. The van der Waals surface area contributed by atoms with Gasteiger partial charge in [0.25, 0.3) is 0 Å². The smallest absolute Gasteiger partial charge is 0.243 e. The van der Waals surface area contributed by atoms with Crippen molar-refractivity contribution in [2.24, 2.45) is 0 Å². The molecule has 1 aromatic rings. The zero-order chi connectivity index (χ0) is 15.8. The Hall–Kier alpha value is -1.25. The number of likely N-dealkylation sites (N-methyl/N-ethyl adjacent to an activating group) is 1. The third kappa shape index (κ3) is 3.50. The van der Waals surface area contributed by atoms with Crippen molar-refractivity contribution in [2.45, 2.75) is 36.7 Å². The van der Waals surface area contributed by atoms with Crippen LogP contribution >= 0.6 is 0 Å². The number of nitrogens with two attached hydrogens (primary N) is 1. The summed E-state index contributed by atoms with van der Waals surface area (Å²) in [7, 11) is -2.14. The molecular weight excluding hydrogens is 300 g/mol. The molecule has 1 atom stereocenters. The van der Waals surface area contributed by atoms with Crippen LogP contribution in [0.4, 0.5) is 14.5 Å². The highest BCUT2D eigenvalue weighted by Gasteiger charge is 2.30. The first kappa shape index (κ1) is 16.1. The van der Waals surface area contributed by atoms with Gasteiger partial charge in [-0.3, -0.25) is 4.90 Å². The van der Waals surface area contributed by atoms with Gasteiger partial charge >= 0.3 is 0 Å². The lowest BCUT2D eigenvalue weighted by Gasteiger charge is -2.24. The van der Waals surface area contributed by atoms with Crippen molar-refractivity contribution in [2.75, 3.05) is 19.3 Å². The molecule has 5 nitrogen and oxygen atoms in total. The molecule has 0 saturated heterocycles. The van der Waals surface area contributed by atoms with E-state index < -0.39 is 32.2 Å². The van der Waals surface area contributed by atoms with Crippen molar-refractivity contribution in [3.05, 3.63) is 23.8 Å². The molecule has 1 unspecified atom stereocenters. The third-order valence-electron chi connectivity index (χ3n) is 3.77. The fraction of sp³-hybridized carbons (Fsp3) is 0.538. The quantitative estimate of drug-likeness (QED) is 0.775. The highest BCUT2D eigenvalue weighted by atomic mass is 32.2. The van der Waals surface area contributed by atoms with Gasteiger partial charge in [0, 0.05) is 18.6 Å². The number of halogens is 2. The number of hydrogen-bond acceptors (Lipinski definition) is 4. The number of nitrogens with one attached hydrogen (secondary N) is 1. The molecule has 1 aliphatic rings. The number of anilines is 1. The molecule has 2 rings (SSSR count). The molecule has 0 radical (unpaired) electrons. The van der Waals surface area contributed by atoms with Crippen molar-refractivity contribution in [1.82, 2.24) is 9.62 Å². The summed E-state index contributed by atoms with van der Waals surface area (Å²) < 4.78 is 53.4. The van der Waals surface area contributed by atoms with E-state index in [1.54, 1.807) is 0 Å². The fourth-order valence-corrected chi connectivity index (χ4v) is 3.26. The number of nitrogens with zero attached hydrogens (tertiary/aromatic N) is 1. The van der Waals surface area contributed by atoms with Crippen LogP contribution in [0.3, 0.4) is 0 Å². The van der Waals surface area contributed by atoms with E-state index in [9.17, 15) is 17.2 Å². The lowest BCUT2D eigenvalue weighted by molar-refractivity contribution is 0.248. The Balaban J connectivity index is 2.10. The highest BCUT2D eigenvalue weighted by molar-refractivity contribution is 7.89. The summed E-state index contributed by atoms with van der Waals surface area (Å²) in [5.74, 6) is -2.24. The van der Waals surface area contributed by atoms with E-state index in [0.29, 0.717) is 6.04 Å². The van der Waals surface area contributed by atoms with E-state index in [4.69, 9.17) is 5.73 Å². The number of benzene rings is 1. The summed E-state index contributed by atoms with van der Waals surface area (Å²) in [5, 5.41) is 0. The predicted molar refractivity (Wildman–Crippen MR) is 76.2 cm³/mol. The van der Waals surface area contributed by atoms with Crippen LogP contribution in [-0.2, 0) is 10.0 Å². The van der Waals surface area contributed by atoms with Crippen LogP contribution in [0, 0.1) is 11.6 Å². The van der Waals surface area contributed by atoms with E-state index >= 15 is 0 Å². The number of rotatable bonds is 6. The van der Waals surface area contributed by atoms with Crippen LogP contribution in [0.25, 0.3) is 0 Å². The minimum atomic E-state index is -4.06. The SMILES string of the molecule is CC(CNS(=O)(=O)c1ccc(F)c(N)c1F)N(C)C1CC1. The molecule has 8 heteroatoms. The normalized spacial score (nSPS) is 17.2. The summed E-state index contributed by atoms with van der Waals surface area (Å²) >= 11 is 0.